The molecule has 0 spiro atoms. The molecule has 0 bridgehead atoms. The number of hydrogen-bond acceptors (Lipinski definition) is 5. The predicted octanol–water partition coefficient (Wildman–Crippen LogP) is -1.61. The standard InChI is InChI=1S/C7H14N2O4S/c1-14(11,12)13-5-4-9-3-2-8-7(10)6-9/h2-6H2,1H3,(H,8,10). The lowest BCUT2D eigenvalue weighted by Gasteiger charge is -2.25. The molecule has 0 unspecified atom stereocenters. The van der Waals surface area contributed by atoms with Crippen LogP contribution in [0.5, 0.6) is 0 Å². The first-order valence-corrected chi connectivity index (χ1v) is 6.12. The molecule has 1 aliphatic rings. The third-order valence-corrected chi connectivity index (χ3v) is 2.42. The molecule has 0 aromatic heterocycles. The molecule has 1 rings (SSSR count). The quantitative estimate of drug-likeness (QED) is 0.579. The maximum atomic E-state index is 10.9. The number of piperazine rings is 1. The van der Waals surface area contributed by atoms with Crippen molar-refractivity contribution >= 4 is 16.0 Å². The molecule has 1 fully saturated rings. The van der Waals surface area contributed by atoms with Crippen LogP contribution in [-0.2, 0) is 19.1 Å². The van der Waals surface area contributed by atoms with Crippen molar-refractivity contribution < 1.29 is 17.4 Å². The van der Waals surface area contributed by atoms with Crippen LogP contribution in [0.3, 0.4) is 0 Å². The Morgan fingerprint density at radius 1 is 1.57 bits per heavy atom. The highest BCUT2D eigenvalue weighted by atomic mass is 32.2. The van der Waals surface area contributed by atoms with Crippen LogP contribution in [0.15, 0.2) is 0 Å². The van der Waals surface area contributed by atoms with Crippen molar-refractivity contribution in [3.8, 4) is 0 Å². The van der Waals surface area contributed by atoms with E-state index in [0.717, 1.165) is 12.8 Å². The average molecular weight is 222 g/mol. The van der Waals surface area contributed by atoms with Gasteiger partial charge in [0.25, 0.3) is 10.1 Å². The minimum absolute atomic E-state index is 0.0318. The number of carbonyl (C=O) groups excluding carboxylic acids is 1. The van der Waals surface area contributed by atoms with E-state index in [-0.39, 0.29) is 12.5 Å². The summed E-state index contributed by atoms with van der Waals surface area (Å²) in [7, 11) is -3.37. The van der Waals surface area contributed by atoms with Gasteiger partial charge in [0.05, 0.1) is 19.4 Å². The predicted molar refractivity (Wildman–Crippen MR) is 50.2 cm³/mol. The second-order valence-electron chi connectivity index (χ2n) is 3.15. The minimum Gasteiger partial charge on any atom is -0.354 e. The first kappa shape index (κ1) is 11.4. The fraction of sp³-hybridized carbons (Fsp3) is 0.857. The van der Waals surface area contributed by atoms with Gasteiger partial charge in [0.1, 0.15) is 0 Å². The van der Waals surface area contributed by atoms with Crippen LogP contribution in [-0.4, -0.2) is 58.3 Å². The summed E-state index contributed by atoms with van der Waals surface area (Å²) in [5, 5.41) is 2.68. The third-order valence-electron chi connectivity index (χ3n) is 1.82. The van der Waals surface area contributed by atoms with Gasteiger partial charge in [-0.15, -0.1) is 0 Å². The van der Waals surface area contributed by atoms with E-state index >= 15 is 0 Å². The van der Waals surface area contributed by atoms with E-state index in [1.807, 2.05) is 4.90 Å². The van der Waals surface area contributed by atoms with Gasteiger partial charge in [-0.3, -0.25) is 13.9 Å². The molecule has 0 radical (unpaired) electrons. The lowest BCUT2D eigenvalue weighted by Crippen LogP contribution is -2.48. The van der Waals surface area contributed by atoms with E-state index in [4.69, 9.17) is 0 Å². The van der Waals surface area contributed by atoms with Crippen molar-refractivity contribution in [2.75, 3.05) is 39.0 Å². The first-order chi connectivity index (χ1) is 6.47. The number of rotatable bonds is 4. The Kier molecular flexibility index (Phi) is 3.85. The Hall–Kier alpha value is -0.660. The Labute approximate surface area is 83.3 Å². The molecule has 82 valence electrons. The van der Waals surface area contributed by atoms with Crippen molar-refractivity contribution in [2.24, 2.45) is 0 Å². The zero-order chi connectivity index (χ0) is 10.6. The molecular weight excluding hydrogens is 208 g/mol. The molecule has 0 saturated carbocycles. The van der Waals surface area contributed by atoms with Gasteiger partial charge >= 0.3 is 0 Å². The molecule has 1 aliphatic heterocycles. The Morgan fingerprint density at radius 3 is 2.86 bits per heavy atom. The average Bonchev–Trinajstić information content (AvgIpc) is 2.01. The van der Waals surface area contributed by atoms with E-state index in [0.29, 0.717) is 19.6 Å². The number of nitrogens with zero attached hydrogens (tertiary/aromatic N) is 1. The van der Waals surface area contributed by atoms with Gasteiger partial charge in [-0.1, -0.05) is 0 Å². The first-order valence-electron chi connectivity index (χ1n) is 4.31. The molecule has 6 nitrogen and oxygen atoms in total. The molecule has 1 N–H and O–H groups in total. The van der Waals surface area contributed by atoms with Gasteiger partial charge in [-0.05, 0) is 0 Å². The highest BCUT2D eigenvalue weighted by molar-refractivity contribution is 7.85. The van der Waals surface area contributed by atoms with E-state index in [2.05, 4.69) is 9.50 Å². The normalized spacial score (nSPS) is 19.4. The van der Waals surface area contributed by atoms with Crippen molar-refractivity contribution in [2.45, 2.75) is 0 Å². The zero-order valence-electron chi connectivity index (χ0n) is 8.02. The van der Waals surface area contributed by atoms with Crippen LogP contribution in [0.1, 0.15) is 0 Å². The highest BCUT2D eigenvalue weighted by Gasteiger charge is 2.15. The van der Waals surface area contributed by atoms with Crippen LogP contribution in [0, 0.1) is 0 Å². The van der Waals surface area contributed by atoms with E-state index in [1.54, 1.807) is 0 Å². The second kappa shape index (κ2) is 4.72. The number of amides is 1. The Morgan fingerprint density at radius 2 is 2.29 bits per heavy atom. The van der Waals surface area contributed by atoms with Gasteiger partial charge in [0.15, 0.2) is 0 Å². The number of carbonyl (C=O) groups is 1. The third kappa shape index (κ3) is 4.54. The van der Waals surface area contributed by atoms with Crippen LogP contribution >= 0.6 is 0 Å². The smallest absolute Gasteiger partial charge is 0.264 e. The summed E-state index contributed by atoms with van der Waals surface area (Å²) >= 11 is 0. The second-order valence-corrected chi connectivity index (χ2v) is 4.80. The van der Waals surface area contributed by atoms with Crippen LogP contribution in [0.2, 0.25) is 0 Å². The van der Waals surface area contributed by atoms with Gasteiger partial charge in [0, 0.05) is 19.6 Å². The Balaban J connectivity index is 2.21. The minimum atomic E-state index is -3.37. The van der Waals surface area contributed by atoms with Crippen molar-refractivity contribution in [3.63, 3.8) is 0 Å². The van der Waals surface area contributed by atoms with Crippen LogP contribution in [0.4, 0.5) is 0 Å². The monoisotopic (exact) mass is 222 g/mol. The van der Waals surface area contributed by atoms with Crippen LogP contribution in [0.25, 0.3) is 0 Å². The highest BCUT2D eigenvalue weighted by Crippen LogP contribution is 1.94. The molecule has 0 aromatic rings. The lowest BCUT2D eigenvalue weighted by atomic mass is 10.3. The van der Waals surface area contributed by atoms with Crippen molar-refractivity contribution in [1.29, 1.82) is 0 Å². The molecule has 0 aromatic carbocycles. The SMILES string of the molecule is CS(=O)(=O)OCCN1CCNC(=O)C1. The number of hydrogen-bond donors (Lipinski definition) is 1. The number of nitrogens with one attached hydrogen (secondary N) is 1. The summed E-state index contributed by atoms with van der Waals surface area (Å²) in [4.78, 5) is 12.8. The van der Waals surface area contributed by atoms with Crippen molar-refractivity contribution in [3.05, 3.63) is 0 Å². The molecular formula is C7H14N2O4S. The van der Waals surface area contributed by atoms with Crippen LogP contribution < -0.4 is 5.32 Å². The zero-order valence-corrected chi connectivity index (χ0v) is 8.84. The topological polar surface area (TPSA) is 75.7 Å². The molecule has 14 heavy (non-hydrogen) atoms. The van der Waals surface area contributed by atoms with Gasteiger partial charge < -0.3 is 5.32 Å². The summed E-state index contributed by atoms with van der Waals surface area (Å²) in [6.45, 7) is 2.22. The lowest BCUT2D eigenvalue weighted by molar-refractivity contribution is -0.124. The molecule has 1 heterocycles. The molecule has 1 amide bonds. The summed E-state index contributed by atoms with van der Waals surface area (Å²) in [5.41, 5.74) is 0. The van der Waals surface area contributed by atoms with E-state index in [9.17, 15) is 13.2 Å². The summed E-state index contributed by atoms with van der Waals surface area (Å²) in [6.07, 6.45) is 1.01. The molecule has 0 atom stereocenters. The fourth-order valence-electron chi connectivity index (χ4n) is 1.20. The Bertz CT molecular complexity index is 301. The van der Waals surface area contributed by atoms with Crippen molar-refractivity contribution in [1.82, 2.24) is 10.2 Å². The van der Waals surface area contributed by atoms with E-state index in [1.165, 1.54) is 0 Å². The van der Waals surface area contributed by atoms with Gasteiger partial charge in [0.2, 0.25) is 5.91 Å². The molecule has 7 heteroatoms. The van der Waals surface area contributed by atoms with E-state index < -0.39 is 10.1 Å². The largest absolute Gasteiger partial charge is 0.354 e. The van der Waals surface area contributed by atoms with Gasteiger partial charge in [-0.2, -0.15) is 8.42 Å². The molecule has 0 aliphatic carbocycles. The summed E-state index contributed by atoms with van der Waals surface area (Å²) < 4.78 is 25.8. The van der Waals surface area contributed by atoms with Gasteiger partial charge in [-0.25, -0.2) is 0 Å². The summed E-state index contributed by atoms with van der Waals surface area (Å²) in [6, 6.07) is 0. The molecule has 1 saturated heterocycles. The maximum Gasteiger partial charge on any atom is 0.264 e. The fourth-order valence-corrected chi connectivity index (χ4v) is 1.58. The maximum absolute atomic E-state index is 10.9. The summed E-state index contributed by atoms with van der Waals surface area (Å²) in [5.74, 6) is -0.0318.